The highest BCUT2D eigenvalue weighted by Gasteiger charge is 2.27. The van der Waals surface area contributed by atoms with Crippen molar-refractivity contribution in [2.45, 2.75) is 44.8 Å². The molecular formula is C15H21NO2. The highest BCUT2D eigenvalue weighted by atomic mass is 16.5. The zero-order valence-corrected chi connectivity index (χ0v) is 11.5. The molecule has 0 spiro atoms. The van der Waals surface area contributed by atoms with E-state index in [4.69, 9.17) is 10.00 Å². The number of ether oxygens (including phenoxy) is 1. The minimum atomic E-state index is -0.899. The van der Waals surface area contributed by atoms with Crippen molar-refractivity contribution in [3.05, 3.63) is 35.4 Å². The van der Waals surface area contributed by atoms with Gasteiger partial charge in [-0.1, -0.05) is 12.1 Å². The highest BCUT2D eigenvalue weighted by Crippen LogP contribution is 2.29. The van der Waals surface area contributed by atoms with Crippen molar-refractivity contribution in [1.82, 2.24) is 0 Å². The Balaban J connectivity index is 2.76. The fourth-order valence-corrected chi connectivity index (χ4v) is 1.69. The average Bonchev–Trinajstić information content (AvgIpc) is 2.37. The minimum Gasteiger partial charge on any atom is -0.385 e. The summed E-state index contributed by atoms with van der Waals surface area (Å²) in [6, 6.07) is 9.13. The van der Waals surface area contributed by atoms with E-state index in [1.54, 1.807) is 38.3 Å². The molecule has 3 nitrogen and oxygen atoms in total. The molecule has 1 atom stereocenters. The maximum atomic E-state index is 10.5. The fraction of sp³-hybridized carbons (Fsp3) is 0.533. The van der Waals surface area contributed by atoms with Crippen LogP contribution >= 0.6 is 0 Å². The number of methoxy groups -OCH3 is 1. The van der Waals surface area contributed by atoms with Gasteiger partial charge in [0.2, 0.25) is 0 Å². The highest BCUT2D eigenvalue weighted by molar-refractivity contribution is 5.33. The molecule has 0 aliphatic heterocycles. The fourth-order valence-electron chi connectivity index (χ4n) is 1.69. The number of aliphatic hydroxyl groups is 1. The summed E-state index contributed by atoms with van der Waals surface area (Å²) in [4.78, 5) is 0. The molecule has 0 saturated carbocycles. The van der Waals surface area contributed by atoms with Crippen LogP contribution in [0.1, 0.15) is 44.7 Å². The van der Waals surface area contributed by atoms with E-state index in [2.05, 4.69) is 6.07 Å². The summed E-state index contributed by atoms with van der Waals surface area (Å²) in [6.07, 6.45) is 1.37. The van der Waals surface area contributed by atoms with E-state index in [9.17, 15) is 5.11 Å². The van der Waals surface area contributed by atoms with Crippen molar-refractivity contribution >= 4 is 0 Å². The van der Waals surface area contributed by atoms with E-state index in [-0.39, 0.29) is 5.60 Å². The Morgan fingerprint density at radius 2 is 1.72 bits per heavy atom. The maximum absolute atomic E-state index is 10.5. The number of hydrogen-bond acceptors (Lipinski definition) is 3. The molecule has 0 bridgehead atoms. The van der Waals surface area contributed by atoms with Gasteiger partial charge in [0.05, 0.1) is 22.8 Å². The van der Waals surface area contributed by atoms with Gasteiger partial charge in [0.1, 0.15) is 0 Å². The molecule has 0 amide bonds. The summed E-state index contributed by atoms with van der Waals surface area (Å²) in [5, 5.41) is 19.2. The van der Waals surface area contributed by atoms with Crippen LogP contribution in [0.5, 0.6) is 0 Å². The Kier molecular flexibility index (Phi) is 4.50. The van der Waals surface area contributed by atoms with Gasteiger partial charge >= 0.3 is 0 Å². The molecule has 3 heteroatoms. The third-order valence-corrected chi connectivity index (χ3v) is 3.40. The van der Waals surface area contributed by atoms with Gasteiger partial charge < -0.3 is 9.84 Å². The topological polar surface area (TPSA) is 53.2 Å². The SMILES string of the molecule is COC(C)(C)CCC(C)(O)c1ccc(C#N)cc1. The molecule has 0 saturated heterocycles. The first kappa shape index (κ1) is 14.7. The quantitative estimate of drug-likeness (QED) is 0.870. The summed E-state index contributed by atoms with van der Waals surface area (Å²) in [6.45, 7) is 5.80. The van der Waals surface area contributed by atoms with Gasteiger partial charge in [-0.25, -0.2) is 0 Å². The van der Waals surface area contributed by atoms with Crippen LogP contribution in [0.3, 0.4) is 0 Å². The lowest BCUT2D eigenvalue weighted by Crippen LogP contribution is -2.29. The Morgan fingerprint density at radius 1 is 1.17 bits per heavy atom. The van der Waals surface area contributed by atoms with Gasteiger partial charge in [0, 0.05) is 7.11 Å². The van der Waals surface area contributed by atoms with Crippen LogP contribution in [-0.4, -0.2) is 17.8 Å². The molecule has 1 aromatic rings. The Labute approximate surface area is 109 Å². The van der Waals surface area contributed by atoms with Crippen LogP contribution < -0.4 is 0 Å². The second-order valence-electron chi connectivity index (χ2n) is 5.43. The van der Waals surface area contributed by atoms with Crippen molar-refractivity contribution in [2.75, 3.05) is 7.11 Å². The number of nitriles is 1. The number of rotatable bonds is 5. The van der Waals surface area contributed by atoms with E-state index in [1.807, 2.05) is 13.8 Å². The van der Waals surface area contributed by atoms with Gasteiger partial charge in [-0.15, -0.1) is 0 Å². The molecule has 1 rings (SSSR count). The van der Waals surface area contributed by atoms with E-state index in [1.165, 1.54) is 0 Å². The zero-order valence-electron chi connectivity index (χ0n) is 11.5. The monoisotopic (exact) mass is 247 g/mol. The van der Waals surface area contributed by atoms with Crippen molar-refractivity contribution in [3.8, 4) is 6.07 Å². The van der Waals surface area contributed by atoms with Crippen molar-refractivity contribution < 1.29 is 9.84 Å². The number of nitrogens with zero attached hydrogens (tertiary/aromatic N) is 1. The van der Waals surface area contributed by atoms with Crippen molar-refractivity contribution in [1.29, 1.82) is 5.26 Å². The molecule has 98 valence electrons. The molecular weight excluding hydrogens is 226 g/mol. The molecule has 0 radical (unpaired) electrons. The standard InChI is InChI=1S/C15H21NO2/c1-14(2,18-4)9-10-15(3,17)13-7-5-12(11-16)6-8-13/h5-8,17H,9-10H2,1-4H3. The summed E-state index contributed by atoms with van der Waals surface area (Å²) in [5.41, 5.74) is 0.292. The second-order valence-corrected chi connectivity index (χ2v) is 5.43. The van der Waals surface area contributed by atoms with E-state index in [0.29, 0.717) is 12.0 Å². The smallest absolute Gasteiger partial charge is 0.0991 e. The molecule has 1 aromatic carbocycles. The molecule has 0 aliphatic carbocycles. The molecule has 0 aliphatic rings. The molecule has 0 fully saturated rings. The lowest BCUT2D eigenvalue weighted by atomic mass is 9.87. The zero-order chi connectivity index (χ0) is 13.8. The predicted octanol–water partition coefficient (Wildman–Crippen LogP) is 2.97. The molecule has 18 heavy (non-hydrogen) atoms. The third-order valence-electron chi connectivity index (χ3n) is 3.40. The lowest BCUT2D eigenvalue weighted by Gasteiger charge is -2.29. The summed E-state index contributed by atoms with van der Waals surface area (Å²) >= 11 is 0. The molecule has 0 heterocycles. The summed E-state index contributed by atoms with van der Waals surface area (Å²) < 4.78 is 5.35. The van der Waals surface area contributed by atoms with Crippen molar-refractivity contribution in [2.24, 2.45) is 0 Å². The predicted molar refractivity (Wildman–Crippen MR) is 71.0 cm³/mol. The van der Waals surface area contributed by atoms with Gasteiger partial charge in [-0.3, -0.25) is 0 Å². The van der Waals surface area contributed by atoms with Crippen molar-refractivity contribution in [3.63, 3.8) is 0 Å². The normalized spacial score (nSPS) is 14.9. The van der Waals surface area contributed by atoms with E-state index in [0.717, 1.165) is 12.0 Å². The largest absolute Gasteiger partial charge is 0.385 e. The van der Waals surface area contributed by atoms with E-state index >= 15 is 0 Å². The van der Waals surface area contributed by atoms with Crippen LogP contribution in [0, 0.1) is 11.3 Å². The third kappa shape index (κ3) is 3.83. The molecule has 1 N–H and O–H groups in total. The Morgan fingerprint density at radius 3 is 2.17 bits per heavy atom. The average molecular weight is 247 g/mol. The summed E-state index contributed by atoms with van der Waals surface area (Å²) in [5.74, 6) is 0. The Bertz CT molecular complexity index is 427. The van der Waals surface area contributed by atoms with Gasteiger partial charge in [-0.2, -0.15) is 5.26 Å². The Hall–Kier alpha value is -1.37. The van der Waals surface area contributed by atoms with Gasteiger partial charge in [0.25, 0.3) is 0 Å². The van der Waals surface area contributed by atoms with Gasteiger partial charge in [-0.05, 0) is 51.3 Å². The molecule has 1 unspecified atom stereocenters. The maximum Gasteiger partial charge on any atom is 0.0991 e. The second kappa shape index (κ2) is 5.51. The number of hydrogen-bond donors (Lipinski definition) is 1. The van der Waals surface area contributed by atoms with Crippen LogP contribution in [0.25, 0.3) is 0 Å². The van der Waals surface area contributed by atoms with Gasteiger partial charge in [0.15, 0.2) is 0 Å². The van der Waals surface area contributed by atoms with Crippen LogP contribution in [-0.2, 0) is 10.3 Å². The first-order valence-corrected chi connectivity index (χ1v) is 6.09. The first-order chi connectivity index (χ1) is 8.30. The van der Waals surface area contributed by atoms with E-state index < -0.39 is 5.60 Å². The minimum absolute atomic E-state index is 0.239. The van der Waals surface area contributed by atoms with Crippen LogP contribution in [0.15, 0.2) is 24.3 Å². The van der Waals surface area contributed by atoms with Crippen LogP contribution in [0.2, 0.25) is 0 Å². The van der Waals surface area contributed by atoms with Crippen LogP contribution in [0.4, 0.5) is 0 Å². The summed E-state index contributed by atoms with van der Waals surface area (Å²) in [7, 11) is 1.68. The first-order valence-electron chi connectivity index (χ1n) is 6.09. The lowest BCUT2D eigenvalue weighted by molar-refractivity contribution is -0.0211. The molecule has 0 aromatic heterocycles. The number of benzene rings is 1.